The first kappa shape index (κ1) is 11.2. The fourth-order valence-corrected chi connectivity index (χ4v) is 3.73. The van der Waals surface area contributed by atoms with E-state index in [1.54, 1.807) is 0 Å². The summed E-state index contributed by atoms with van der Waals surface area (Å²) in [7, 11) is 0. The van der Waals surface area contributed by atoms with E-state index in [0.29, 0.717) is 11.3 Å². The van der Waals surface area contributed by atoms with Crippen LogP contribution >= 0.6 is 0 Å². The van der Waals surface area contributed by atoms with Gasteiger partial charge in [0.25, 0.3) is 0 Å². The molecule has 0 N–H and O–H groups in total. The zero-order valence-corrected chi connectivity index (χ0v) is 11.4. The lowest BCUT2D eigenvalue weighted by molar-refractivity contribution is 0.0156. The number of aromatic nitrogens is 2. The molecule has 1 fully saturated rings. The van der Waals surface area contributed by atoms with E-state index in [1.807, 2.05) is 24.4 Å². The van der Waals surface area contributed by atoms with Crippen LogP contribution in [0.15, 0.2) is 36.5 Å². The lowest BCUT2D eigenvalue weighted by Gasteiger charge is -2.56. The summed E-state index contributed by atoms with van der Waals surface area (Å²) in [6.07, 6.45) is 4.35. The third-order valence-electron chi connectivity index (χ3n) is 5.21. The second kappa shape index (κ2) is 3.66. The minimum absolute atomic E-state index is 0.433. The summed E-state index contributed by atoms with van der Waals surface area (Å²) in [5.74, 6) is 1.50. The Balaban J connectivity index is 1.81. The van der Waals surface area contributed by atoms with Crippen LogP contribution in [-0.2, 0) is 6.42 Å². The van der Waals surface area contributed by atoms with Gasteiger partial charge in [-0.1, -0.05) is 26.0 Å². The Morgan fingerprint density at radius 1 is 1.11 bits per heavy atom. The molecule has 3 aliphatic carbocycles. The van der Waals surface area contributed by atoms with Crippen LogP contribution in [0.25, 0.3) is 11.4 Å². The topological polar surface area (TPSA) is 25.8 Å². The molecule has 0 aliphatic heterocycles. The zero-order chi connectivity index (χ0) is 13.0. The number of hydrogen-bond donors (Lipinski definition) is 0. The van der Waals surface area contributed by atoms with Gasteiger partial charge >= 0.3 is 0 Å². The first-order valence-corrected chi connectivity index (χ1v) is 7.07. The number of rotatable bonds is 1. The summed E-state index contributed by atoms with van der Waals surface area (Å²) in [6.45, 7) is 4.79. The molecule has 2 heterocycles. The van der Waals surface area contributed by atoms with Crippen LogP contribution in [0, 0.1) is 11.3 Å². The maximum atomic E-state index is 4.94. The van der Waals surface area contributed by atoms with E-state index < -0.39 is 0 Å². The van der Waals surface area contributed by atoms with Crippen molar-refractivity contribution in [1.29, 1.82) is 0 Å². The molecule has 2 aromatic rings. The van der Waals surface area contributed by atoms with Crippen molar-refractivity contribution in [3.8, 4) is 11.4 Å². The molecule has 2 atom stereocenters. The first-order chi connectivity index (χ1) is 9.16. The molecule has 0 aromatic carbocycles. The van der Waals surface area contributed by atoms with Crippen molar-refractivity contribution in [2.24, 2.45) is 11.3 Å². The van der Waals surface area contributed by atoms with E-state index in [4.69, 9.17) is 4.98 Å². The van der Waals surface area contributed by atoms with Crippen LogP contribution in [0.2, 0.25) is 0 Å². The average molecular weight is 250 g/mol. The molecule has 3 aliphatic rings. The minimum atomic E-state index is 0.433. The van der Waals surface area contributed by atoms with Gasteiger partial charge in [0.2, 0.25) is 0 Å². The third-order valence-corrected chi connectivity index (χ3v) is 5.21. The summed E-state index contributed by atoms with van der Waals surface area (Å²) in [6, 6.07) is 10.4. The molecular formula is C17H18N2. The number of pyridine rings is 2. The second-order valence-corrected chi connectivity index (χ2v) is 6.47. The Hall–Kier alpha value is -1.70. The van der Waals surface area contributed by atoms with Crippen molar-refractivity contribution >= 4 is 0 Å². The molecule has 0 spiro atoms. The van der Waals surface area contributed by atoms with Gasteiger partial charge in [-0.15, -0.1) is 0 Å². The Kier molecular flexibility index (Phi) is 2.15. The molecule has 0 unspecified atom stereocenters. The maximum absolute atomic E-state index is 4.94. The SMILES string of the molecule is CC1(C)[C@H]2Cc3ccc(-c4ccccn4)nc3[C@H]1C2. The number of hydrogen-bond acceptors (Lipinski definition) is 2. The Morgan fingerprint density at radius 2 is 2.00 bits per heavy atom. The van der Waals surface area contributed by atoms with Gasteiger partial charge in [0, 0.05) is 17.8 Å². The molecule has 0 amide bonds. The normalized spacial score (nSPS) is 26.4. The highest BCUT2D eigenvalue weighted by atomic mass is 14.8. The molecule has 19 heavy (non-hydrogen) atoms. The average Bonchev–Trinajstić information content (AvgIpc) is 2.46. The maximum Gasteiger partial charge on any atom is 0.0889 e. The van der Waals surface area contributed by atoms with E-state index in [9.17, 15) is 0 Å². The summed E-state index contributed by atoms with van der Waals surface area (Å²) in [5, 5.41) is 0. The highest BCUT2D eigenvalue weighted by Gasteiger charge is 2.53. The van der Waals surface area contributed by atoms with E-state index in [0.717, 1.165) is 17.3 Å². The second-order valence-electron chi connectivity index (χ2n) is 6.47. The molecule has 96 valence electrons. The van der Waals surface area contributed by atoms with Crippen LogP contribution in [0.1, 0.15) is 37.4 Å². The van der Waals surface area contributed by atoms with E-state index in [-0.39, 0.29) is 0 Å². The molecule has 5 rings (SSSR count). The standard InChI is InChI=1S/C17H18N2/c1-17(2)12-9-11-6-7-15(14-5-3-4-8-18-14)19-16(11)13(17)10-12/h3-8,12-13H,9-10H2,1-2H3/t12-,13+/m0/s1. The zero-order valence-electron chi connectivity index (χ0n) is 11.4. The monoisotopic (exact) mass is 250 g/mol. The van der Waals surface area contributed by atoms with Gasteiger partial charge in [-0.2, -0.15) is 0 Å². The highest BCUT2D eigenvalue weighted by Crippen LogP contribution is 2.61. The molecular weight excluding hydrogens is 232 g/mol. The van der Waals surface area contributed by atoms with Crippen molar-refractivity contribution in [3.63, 3.8) is 0 Å². The molecule has 2 nitrogen and oxygen atoms in total. The first-order valence-electron chi connectivity index (χ1n) is 7.07. The van der Waals surface area contributed by atoms with Gasteiger partial charge in [-0.05, 0) is 47.9 Å². The van der Waals surface area contributed by atoms with Crippen molar-refractivity contribution in [1.82, 2.24) is 9.97 Å². The quantitative estimate of drug-likeness (QED) is 0.768. The van der Waals surface area contributed by atoms with E-state index in [2.05, 4.69) is 31.0 Å². The van der Waals surface area contributed by atoms with Crippen LogP contribution in [-0.4, -0.2) is 9.97 Å². The lowest BCUT2D eigenvalue weighted by Crippen LogP contribution is -2.48. The van der Waals surface area contributed by atoms with Crippen molar-refractivity contribution in [3.05, 3.63) is 47.8 Å². The van der Waals surface area contributed by atoms with E-state index in [1.165, 1.54) is 24.1 Å². The molecule has 0 radical (unpaired) electrons. The van der Waals surface area contributed by atoms with Gasteiger partial charge in [0.1, 0.15) is 0 Å². The predicted octanol–water partition coefficient (Wildman–Crippen LogP) is 3.83. The number of nitrogens with zero attached hydrogens (tertiary/aromatic N) is 2. The summed E-state index contributed by atoms with van der Waals surface area (Å²) < 4.78 is 0. The van der Waals surface area contributed by atoms with Crippen LogP contribution in [0.3, 0.4) is 0 Å². The minimum Gasteiger partial charge on any atom is -0.255 e. The fraction of sp³-hybridized carbons (Fsp3) is 0.412. The van der Waals surface area contributed by atoms with Crippen molar-refractivity contribution in [2.75, 3.05) is 0 Å². The highest BCUT2D eigenvalue weighted by molar-refractivity contribution is 5.55. The van der Waals surface area contributed by atoms with Crippen molar-refractivity contribution < 1.29 is 0 Å². The van der Waals surface area contributed by atoms with Crippen LogP contribution in [0.5, 0.6) is 0 Å². The molecule has 0 saturated heterocycles. The van der Waals surface area contributed by atoms with Crippen LogP contribution in [0.4, 0.5) is 0 Å². The van der Waals surface area contributed by atoms with Crippen LogP contribution < -0.4 is 0 Å². The van der Waals surface area contributed by atoms with Gasteiger partial charge in [0.15, 0.2) is 0 Å². The third kappa shape index (κ3) is 1.49. The summed E-state index contributed by atoms with van der Waals surface area (Å²) in [4.78, 5) is 9.35. The Morgan fingerprint density at radius 3 is 2.74 bits per heavy atom. The predicted molar refractivity (Wildman–Crippen MR) is 75.8 cm³/mol. The molecule has 2 heteroatoms. The Bertz CT molecular complexity index is 631. The Labute approximate surface area is 113 Å². The van der Waals surface area contributed by atoms with Gasteiger partial charge in [-0.3, -0.25) is 9.97 Å². The molecule has 2 aromatic heterocycles. The fourth-order valence-electron chi connectivity index (χ4n) is 3.73. The van der Waals surface area contributed by atoms with Crippen molar-refractivity contribution in [2.45, 2.75) is 32.6 Å². The summed E-state index contributed by atoms with van der Waals surface area (Å²) in [5.41, 5.74) is 5.21. The largest absolute Gasteiger partial charge is 0.255 e. The van der Waals surface area contributed by atoms with Gasteiger partial charge in [0.05, 0.1) is 11.4 Å². The summed E-state index contributed by atoms with van der Waals surface area (Å²) >= 11 is 0. The molecule has 1 saturated carbocycles. The van der Waals surface area contributed by atoms with Gasteiger partial charge in [-0.25, -0.2) is 0 Å². The lowest BCUT2D eigenvalue weighted by atomic mass is 9.48. The molecule has 2 bridgehead atoms. The van der Waals surface area contributed by atoms with E-state index >= 15 is 0 Å². The smallest absolute Gasteiger partial charge is 0.0889 e. The van der Waals surface area contributed by atoms with Gasteiger partial charge < -0.3 is 0 Å².